The summed E-state index contributed by atoms with van der Waals surface area (Å²) in [5.74, 6) is 1.05. The molecule has 1 aliphatic heterocycles. The quantitative estimate of drug-likeness (QED) is 0.808. The lowest BCUT2D eigenvalue weighted by Gasteiger charge is -2.32. The zero-order valence-corrected chi connectivity index (χ0v) is 16.4. The molecule has 0 aliphatic carbocycles. The summed E-state index contributed by atoms with van der Waals surface area (Å²) in [4.78, 5) is 1.67. The van der Waals surface area contributed by atoms with Gasteiger partial charge in [0.05, 0.1) is 13.2 Å². The van der Waals surface area contributed by atoms with Gasteiger partial charge in [-0.25, -0.2) is 0 Å². The Labute approximate surface area is 148 Å². The van der Waals surface area contributed by atoms with Crippen molar-refractivity contribution in [3.8, 4) is 5.75 Å². The number of benzene rings is 1. The minimum Gasteiger partial charge on any atom is -0.493 e. The lowest BCUT2D eigenvalue weighted by Crippen LogP contribution is -3.15. The van der Waals surface area contributed by atoms with Gasteiger partial charge in [-0.05, 0) is 50.7 Å². The fraction of sp³-hybridized carbons (Fsp3) is 0.714. The predicted molar refractivity (Wildman–Crippen MR) is 100 cm³/mol. The maximum atomic E-state index is 6.12. The Bertz CT molecular complexity index is 511. The van der Waals surface area contributed by atoms with Crippen molar-refractivity contribution in [3.05, 3.63) is 29.3 Å². The number of aryl methyl sites for hydroxylation is 1. The molecule has 1 heterocycles. The van der Waals surface area contributed by atoms with Gasteiger partial charge in [-0.3, -0.25) is 0 Å². The Morgan fingerprint density at radius 1 is 1.12 bits per heavy atom. The molecule has 2 atom stereocenters. The molecule has 0 radical (unpaired) electrons. The summed E-state index contributed by atoms with van der Waals surface area (Å²) in [6.07, 6.45) is 3.11. The molecular formula is C21H36NO2+. The summed E-state index contributed by atoms with van der Waals surface area (Å²) in [5.41, 5.74) is 2.72. The van der Waals surface area contributed by atoms with Gasteiger partial charge in [-0.2, -0.15) is 0 Å². The fourth-order valence-corrected chi connectivity index (χ4v) is 3.61. The van der Waals surface area contributed by atoms with E-state index in [1.165, 1.54) is 24.1 Å². The SMILES string of the molecule is Cc1ccc(OCCCC[NH+]2C[C@@H](C)O[C@H](C)C2)c(C(C)(C)C)c1. The van der Waals surface area contributed by atoms with Crippen molar-refractivity contribution in [3.63, 3.8) is 0 Å². The van der Waals surface area contributed by atoms with Crippen molar-refractivity contribution in [1.29, 1.82) is 0 Å². The molecule has 0 bridgehead atoms. The molecule has 1 aromatic carbocycles. The second-order valence-corrected chi connectivity index (χ2v) is 8.47. The smallest absolute Gasteiger partial charge is 0.123 e. The van der Waals surface area contributed by atoms with Crippen LogP contribution in [0.3, 0.4) is 0 Å². The van der Waals surface area contributed by atoms with Crippen molar-refractivity contribution in [2.24, 2.45) is 0 Å². The Hall–Kier alpha value is -1.06. The minimum atomic E-state index is 0.117. The summed E-state index contributed by atoms with van der Waals surface area (Å²) >= 11 is 0. The Morgan fingerprint density at radius 2 is 1.79 bits per heavy atom. The van der Waals surface area contributed by atoms with Crippen LogP contribution in [0.4, 0.5) is 0 Å². The highest BCUT2D eigenvalue weighted by atomic mass is 16.5. The third-order valence-electron chi connectivity index (χ3n) is 4.74. The van der Waals surface area contributed by atoms with Crippen molar-refractivity contribution in [1.82, 2.24) is 0 Å². The standard InChI is InChI=1S/C21H35NO2/c1-16-9-10-20(19(13-16)21(4,5)6)23-12-8-7-11-22-14-17(2)24-18(3)15-22/h9-10,13,17-18H,7-8,11-12,14-15H2,1-6H3/p+1/t17-,18-/m1/s1. The number of morpholine rings is 1. The summed E-state index contributed by atoms with van der Waals surface area (Å²) in [5, 5.41) is 0. The molecular weight excluding hydrogens is 298 g/mol. The molecule has 1 saturated heterocycles. The van der Waals surface area contributed by atoms with E-state index in [1.54, 1.807) is 4.90 Å². The molecule has 3 heteroatoms. The van der Waals surface area contributed by atoms with E-state index < -0.39 is 0 Å². The maximum Gasteiger partial charge on any atom is 0.123 e. The zero-order valence-electron chi connectivity index (χ0n) is 16.4. The number of hydrogen-bond acceptors (Lipinski definition) is 2. The Kier molecular flexibility index (Phi) is 6.70. The molecule has 0 spiro atoms. The zero-order chi connectivity index (χ0) is 17.7. The predicted octanol–water partition coefficient (Wildman–Crippen LogP) is 3.14. The second-order valence-electron chi connectivity index (χ2n) is 8.47. The number of nitrogens with one attached hydrogen (secondary N) is 1. The molecule has 24 heavy (non-hydrogen) atoms. The average Bonchev–Trinajstić information content (AvgIpc) is 2.46. The maximum absolute atomic E-state index is 6.12. The van der Waals surface area contributed by atoms with Gasteiger partial charge in [0.2, 0.25) is 0 Å². The first kappa shape index (κ1) is 19.3. The van der Waals surface area contributed by atoms with E-state index in [9.17, 15) is 0 Å². The number of quaternary nitrogens is 1. The van der Waals surface area contributed by atoms with Gasteiger partial charge in [0, 0.05) is 0 Å². The van der Waals surface area contributed by atoms with Crippen LogP contribution < -0.4 is 9.64 Å². The van der Waals surface area contributed by atoms with E-state index in [1.807, 2.05) is 0 Å². The summed E-state index contributed by atoms with van der Waals surface area (Å²) in [6.45, 7) is 17.6. The monoisotopic (exact) mass is 334 g/mol. The Morgan fingerprint density at radius 3 is 2.42 bits per heavy atom. The van der Waals surface area contributed by atoms with Gasteiger partial charge in [-0.1, -0.05) is 38.5 Å². The van der Waals surface area contributed by atoms with Crippen LogP contribution >= 0.6 is 0 Å². The lowest BCUT2D eigenvalue weighted by atomic mass is 9.85. The molecule has 2 rings (SSSR count). The van der Waals surface area contributed by atoms with E-state index >= 15 is 0 Å². The first-order chi connectivity index (χ1) is 11.3. The van der Waals surface area contributed by atoms with Crippen molar-refractivity contribution in [2.45, 2.75) is 72.0 Å². The highest BCUT2D eigenvalue weighted by Crippen LogP contribution is 2.32. The first-order valence-electron chi connectivity index (χ1n) is 9.48. The third kappa shape index (κ3) is 5.78. The fourth-order valence-electron chi connectivity index (χ4n) is 3.61. The highest BCUT2D eigenvalue weighted by Gasteiger charge is 2.25. The van der Waals surface area contributed by atoms with Crippen LogP contribution in [-0.4, -0.2) is 38.4 Å². The normalized spacial score (nSPS) is 24.8. The van der Waals surface area contributed by atoms with Crippen LogP contribution in [0.2, 0.25) is 0 Å². The van der Waals surface area contributed by atoms with Gasteiger partial charge in [0.1, 0.15) is 31.0 Å². The lowest BCUT2D eigenvalue weighted by molar-refractivity contribution is -0.915. The molecule has 1 aliphatic rings. The number of rotatable bonds is 6. The van der Waals surface area contributed by atoms with Gasteiger partial charge in [-0.15, -0.1) is 0 Å². The van der Waals surface area contributed by atoms with Crippen molar-refractivity contribution >= 4 is 0 Å². The van der Waals surface area contributed by atoms with E-state index in [2.05, 4.69) is 59.7 Å². The molecule has 0 aromatic heterocycles. The molecule has 0 unspecified atom stereocenters. The van der Waals surface area contributed by atoms with Crippen LogP contribution in [0.15, 0.2) is 18.2 Å². The van der Waals surface area contributed by atoms with E-state index in [0.29, 0.717) is 12.2 Å². The summed E-state index contributed by atoms with van der Waals surface area (Å²) in [7, 11) is 0. The number of hydrogen-bond donors (Lipinski definition) is 1. The summed E-state index contributed by atoms with van der Waals surface area (Å²) in [6, 6.07) is 6.54. The summed E-state index contributed by atoms with van der Waals surface area (Å²) < 4.78 is 11.9. The first-order valence-corrected chi connectivity index (χ1v) is 9.48. The number of unbranched alkanes of at least 4 members (excludes halogenated alkanes) is 1. The molecule has 0 amide bonds. The van der Waals surface area contributed by atoms with E-state index in [4.69, 9.17) is 9.47 Å². The third-order valence-corrected chi connectivity index (χ3v) is 4.74. The molecule has 0 saturated carbocycles. The van der Waals surface area contributed by atoms with Crippen LogP contribution in [0.5, 0.6) is 5.75 Å². The van der Waals surface area contributed by atoms with E-state index in [-0.39, 0.29) is 5.41 Å². The van der Waals surface area contributed by atoms with Gasteiger partial charge in [0.25, 0.3) is 0 Å². The minimum absolute atomic E-state index is 0.117. The van der Waals surface area contributed by atoms with Crippen LogP contribution in [0.25, 0.3) is 0 Å². The van der Waals surface area contributed by atoms with Crippen LogP contribution in [0.1, 0.15) is 58.6 Å². The van der Waals surface area contributed by atoms with Gasteiger partial charge in [0.15, 0.2) is 0 Å². The van der Waals surface area contributed by atoms with E-state index in [0.717, 1.165) is 31.9 Å². The highest BCUT2D eigenvalue weighted by molar-refractivity contribution is 5.41. The number of ether oxygens (including phenoxy) is 2. The van der Waals surface area contributed by atoms with Crippen LogP contribution in [0, 0.1) is 6.92 Å². The second kappa shape index (κ2) is 8.35. The molecule has 1 N–H and O–H groups in total. The van der Waals surface area contributed by atoms with Crippen molar-refractivity contribution in [2.75, 3.05) is 26.2 Å². The van der Waals surface area contributed by atoms with Crippen LogP contribution in [-0.2, 0) is 10.2 Å². The van der Waals surface area contributed by atoms with Gasteiger partial charge < -0.3 is 14.4 Å². The topological polar surface area (TPSA) is 22.9 Å². The van der Waals surface area contributed by atoms with Gasteiger partial charge >= 0.3 is 0 Å². The van der Waals surface area contributed by atoms with Crippen molar-refractivity contribution < 1.29 is 14.4 Å². The average molecular weight is 335 g/mol. The molecule has 1 aromatic rings. The molecule has 3 nitrogen and oxygen atoms in total. The Balaban J connectivity index is 1.77. The molecule has 1 fully saturated rings. The largest absolute Gasteiger partial charge is 0.493 e. The molecule has 136 valence electrons.